The zero-order valence-electron chi connectivity index (χ0n) is 10.6. The van der Waals surface area contributed by atoms with Gasteiger partial charge < -0.3 is 5.32 Å². The molecule has 0 aromatic heterocycles. The second-order valence-corrected chi connectivity index (χ2v) is 5.24. The van der Waals surface area contributed by atoms with E-state index < -0.39 is 0 Å². The third-order valence-electron chi connectivity index (χ3n) is 4.02. The van der Waals surface area contributed by atoms with E-state index in [1.807, 2.05) is 0 Å². The van der Waals surface area contributed by atoms with Gasteiger partial charge in [0.2, 0.25) is 0 Å². The fraction of sp³-hybridized carbons (Fsp3) is 0.294. The molecule has 0 unspecified atom stereocenters. The Kier molecular flexibility index (Phi) is 3.16. The van der Waals surface area contributed by atoms with Crippen LogP contribution in [-0.2, 0) is 11.8 Å². The monoisotopic (exact) mass is 237 g/mol. The molecule has 1 heterocycles. The lowest BCUT2D eigenvalue weighted by Gasteiger charge is -2.29. The molecule has 1 heteroatoms. The Hall–Kier alpha value is -1.60. The highest BCUT2D eigenvalue weighted by Crippen LogP contribution is 2.34. The molecule has 0 aliphatic carbocycles. The van der Waals surface area contributed by atoms with Gasteiger partial charge in [0.05, 0.1) is 0 Å². The van der Waals surface area contributed by atoms with Gasteiger partial charge in [-0.2, -0.15) is 0 Å². The molecule has 2 aromatic rings. The predicted octanol–water partition coefficient (Wildman–Crippen LogP) is 3.16. The maximum absolute atomic E-state index is 3.53. The Bertz CT molecular complexity index is 484. The maximum atomic E-state index is 3.53. The second kappa shape index (κ2) is 4.95. The summed E-state index contributed by atoms with van der Waals surface area (Å²) in [6.45, 7) is 2.22. The lowest BCUT2D eigenvalue weighted by molar-refractivity contribution is 0.467. The maximum Gasteiger partial charge on any atom is 0.0130 e. The average molecular weight is 237 g/mol. The molecular formula is C17H19N. The first-order valence-electron chi connectivity index (χ1n) is 6.69. The Morgan fingerprint density at radius 1 is 0.889 bits per heavy atom. The smallest absolute Gasteiger partial charge is 0.0130 e. The molecule has 0 amide bonds. The standard InChI is InChI=1S/C17H19N/c1-3-7-15(8-4-1)13-17(11-12-18-14-17)16-9-5-2-6-10-16/h1-10,18H,11-14H2/t17-/m1/s1. The van der Waals surface area contributed by atoms with Crippen LogP contribution in [0.25, 0.3) is 0 Å². The number of benzene rings is 2. The minimum atomic E-state index is 0.280. The van der Waals surface area contributed by atoms with E-state index in [2.05, 4.69) is 66.0 Å². The molecule has 1 saturated heterocycles. The van der Waals surface area contributed by atoms with Crippen molar-refractivity contribution in [2.24, 2.45) is 0 Å². The van der Waals surface area contributed by atoms with E-state index in [-0.39, 0.29) is 5.41 Å². The Morgan fingerprint density at radius 2 is 1.56 bits per heavy atom. The molecule has 1 aliphatic rings. The van der Waals surface area contributed by atoms with Crippen molar-refractivity contribution in [1.82, 2.24) is 5.32 Å². The van der Waals surface area contributed by atoms with Crippen LogP contribution in [0.1, 0.15) is 17.5 Å². The van der Waals surface area contributed by atoms with Gasteiger partial charge in [-0.15, -0.1) is 0 Å². The summed E-state index contributed by atoms with van der Waals surface area (Å²) in [5.41, 5.74) is 3.19. The summed E-state index contributed by atoms with van der Waals surface area (Å²) >= 11 is 0. The van der Waals surface area contributed by atoms with E-state index in [4.69, 9.17) is 0 Å². The molecule has 0 radical (unpaired) electrons. The molecule has 2 aromatic carbocycles. The number of nitrogens with one attached hydrogen (secondary N) is 1. The quantitative estimate of drug-likeness (QED) is 0.864. The van der Waals surface area contributed by atoms with Gasteiger partial charge in [0.15, 0.2) is 0 Å². The zero-order valence-corrected chi connectivity index (χ0v) is 10.6. The molecule has 1 aliphatic heterocycles. The lowest BCUT2D eigenvalue weighted by Crippen LogP contribution is -2.31. The van der Waals surface area contributed by atoms with E-state index in [9.17, 15) is 0 Å². The SMILES string of the molecule is c1ccc(C[C@]2(c3ccccc3)CCNC2)cc1. The average Bonchev–Trinajstić information content (AvgIpc) is 2.91. The summed E-state index contributed by atoms with van der Waals surface area (Å²) < 4.78 is 0. The van der Waals surface area contributed by atoms with Crippen molar-refractivity contribution in [3.05, 3.63) is 71.8 Å². The molecule has 18 heavy (non-hydrogen) atoms. The van der Waals surface area contributed by atoms with E-state index >= 15 is 0 Å². The molecule has 0 bridgehead atoms. The molecule has 0 saturated carbocycles. The van der Waals surface area contributed by atoms with E-state index in [0.717, 1.165) is 19.5 Å². The van der Waals surface area contributed by atoms with Crippen LogP contribution < -0.4 is 5.32 Å². The minimum Gasteiger partial charge on any atom is -0.316 e. The van der Waals surface area contributed by atoms with Crippen LogP contribution in [0, 0.1) is 0 Å². The Morgan fingerprint density at radius 3 is 2.17 bits per heavy atom. The first kappa shape index (κ1) is 11.5. The second-order valence-electron chi connectivity index (χ2n) is 5.24. The topological polar surface area (TPSA) is 12.0 Å². The van der Waals surface area contributed by atoms with Crippen LogP contribution in [0.5, 0.6) is 0 Å². The number of rotatable bonds is 3. The van der Waals surface area contributed by atoms with Gasteiger partial charge in [0, 0.05) is 12.0 Å². The Labute approximate surface area is 109 Å². The van der Waals surface area contributed by atoms with Crippen molar-refractivity contribution in [1.29, 1.82) is 0 Å². The Balaban J connectivity index is 1.93. The molecular weight excluding hydrogens is 218 g/mol. The number of hydrogen-bond donors (Lipinski definition) is 1. The molecule has 1 N–H and O–H groups in total. The highest BCUT2D eigenvalue weighted by molar-refractivity contribution is 5.31. The molecule has 3 rings (SSSR count). The first-order chi connectivity index (χ1) is 8.89. The molecule has 0 spiro atoms. The molecule has 92 valence electrons. The van der Waals surface area contributed by atoms with Crippen LogP contribution in [0.2, 0.25) is 0 Å². The summed E-state index contributed by atoms with van der Waals surface area (Å²) in [4.78, 5) is 0. The largest absolute Gasteiger partial charge is 0.316 e. The van der Waals surface area contributed by atoms with Crippen molar-refractivity contribution in [2.45, 2.75) is 18.3 Å². The molecule has 1 nitrogen and oxygen atoms in total. The summed E-state index contributed by atoms with van der Waals surface area (Å²) in [5.74, 6) is 0. The van der Waals surface area contributed by atoms with Crippen molar-refractivity contribution in [3.8, 4) is 0 Å². The van der Waals surface area contributed by atoms with Crippen LogP contribution in [0.4, 0.5) is 0 Å². The summed E-state index contributed by atoms with van der Waals surface area (Å²) in [6.07, 6.45) is 2.36. The third kappa shape index (κ3) is 2.19. The van der Waals surface area contributed by atoms with Crippen molar-refractivity contribution >= 4 is 0 Å². The highest BCUT2D eigenvalue weighted by atomic mass is 14.9. The summed E-state index contributed by atoms with van der Waals surface area (Å²) in [7, 11) is 0. The lowest BCUT2D eigenvalue weighted by atomic mass is 9.75. The van der Waals surface area contributed by atoms with E-state index in [1.54, 1.807) is 0 Å². The normalized spacial score (nSPS) is 23.1. The van der Waals surface area contributed by atoms with Gasteiger partial charge in [0.1, 0.15) is 0 Å². The fourth-order valence-electron chi connectivity index (χ4n) is 3.02. The molecule has 1 atom stereocenters. The molecule has 1 fully saturated rings. The van der Waals surface area contributed by atoms with Gasteiger partial charge in [-0.25, -0.2) is 0 Å². The van der Waals surface area contributed by atoms with Crippen molar-refractivity contribution < 1.29 is 0 Å². The van der Waals surface area contributed by atoms with E-state index in [0.29, 0.717) is 0 Å². The van der Waals surface area contributed by atoms with Crippen LogP contribution in [-0.4, -0.2) is 13.1 Å². The van der Waals surface area contributed by atoms with Crippen LogP contribution in [0.15, 0.2) is 60.7 Å². The predicted molar refractivity (Wildman–Crippen MR) is 75.8 cm³/mol. The number of hydrogen-bond acceptors (Lipinski definition) is 1. The zero-order chi connectivity index (χ0) is 12.3. The summed E-state index contributed by atoms with van der Waals surface area (Å²) in [6, 6.07) is 21.8. The van der Waals surface area contributed by atoms with Crippen molar-refractivity contribution in [3.63, 3.8) is 0 Å². The van der Waals surface area contributed by atoms with Crippen molar-refractivity contribution in [2.75, 3.05) is 13.1 Å². The van der Waals surface area contributed by atoms with Crippen LogP contribution in [0.3, 0.4) is 0 Å². The van der Waals surface area contributed by atoms with Gasteiger partial charge in [0.25, 0.3) is 0 Å². The highest BCUT2D eigenvalue weighted by Gasteiger charge is 2.35. The third-order valence-corrected chi connectivity index (χ3v) is 4.02. The van der Waals surface area contributed by atoms with Gasteiger partial charge >= 0.3 is 0 Å². The summed E-state index contributed by atoms with van der Waals surface area (Å²) in [5, 5.41) is 3.53. The fourth-order valence-corrected chi connectivity index (χ4v) is 3.02. The first-order valence-corrected chi connectivity index (χ1v) is 6.69. The van der Waals surface area contributed by atoms with Gasteiger partial charge in [-0.1, -0.05) is 60.7 Å². The van der Waals surface area contributed by atoms with Crippen LogP contribution >= 0.6 is 0 Å². The minimum absolute atomic E-state index is 0.280. The van der Waals surface area contributed by atoms with Gasteiger partial charge in [-0.3, -0.25) is 0 Å². The van der Waals surface area contributed by atoms with E-state index in [1.165, 1.54) is 17.5 Å². The van der Waals surface area contributed by atoms with Gasteiger partial charge in [-0.05, 0) is 30.5 Å².